The van der Waals surface area contributed by atoms with Crippen molar-refractivity contribution in [3.05, 3.63) is 100 Å². The van der Waals surface area contributed by atoms with E-state index in [0.717, 1.165) is 17.2 Å². The number of halogens is 2. The summed E-state index contributed by atoms with van der Waals surface area (Å²) in [5.74, 6) is -0.820. The maximum atomic E-state index is 13.2. The molecule has 3 rings (SSSR count). The Morgan fingerprint density at radius 3 is 2.33 bits per heavy atom. The molecule has 0 aliphatic heterocycles. The van der Waals surface area contributed by atoms with Crippen LogP contribution in [0.2, 0.25) is 5.02 Å². The molecular weight excluding hydrogens is 365 g/mol. The zero-order valence-electron chi connectivity index (χ0n) is 14.0. The molecule has 0 heterocycles. The molecule has 3 nitrogen and oxygen atoms in total. The summed E-state index contributed by atoms with van der Waals surface area (Å²) in [5, 5.41) is 9.98. The van der Waals surface area contributed by atoms with E-state index in [2.05, 4.69) is 6.07 Å². The molecule has 5 heteroatoms. The van der Waals surface area contributed by atoms with Gasteiger partial charge < -0.3 is 4.74 Å². The zero-order valence-corrected chi connectivity index (χ0v) is 14.8. The van der Waals surface area contributed by atoms with Crippen LogP contribution >= 0.6 is 11.6 Å². The number of rotatable bonds is 4. The minimum absolute atomic E-state index is 0.133. The van der Waals surface area contributed by atoms with Gasteiger partial charge in [0.2, 0.25) is 0 Å². The summed E-state index contributed by atoms with van der Waals surface area (Å²) < 4.78 is 18.4. The minimum atomic E-state index is -0.642. The molecule has 132 valence electrons. The number of hydrogen-bond acceptors (Lipinski definition) is 3. The molecule has 0 aliphatic rings. The van der Waals surface area contributed by atoms with Crippen LogP contribution in [0.25, 0.3) is 11.6 Å². The third-order valence-corrected chi connectivity index (χ3v) is 3.99. The molecule has 3 aromatic carbocycles. The topological polar surface area (TPSA) is 50.1 Å². The lowest BCUT2D eigenvalue weighted by atomic mass is 10.0. The highest BCUT2D eigenvalue weighted by Crippen LogP contribution is 2.21. The lowest BCUT2D eigenvalue weighted by Gasteiger charge is -2.05. The largest absolute Gasteiger partial charge is 0.423 e. The molecule has 0 unspecified atom stereocenters. The van der Waals surface area contributed by atoms with Crippen LogP contribution in [0.1, 0.15) is 21.5 Å². The van der Waals surface area contributed by atoms with Gasteiger partial charge in [-0.1, -0.05) is 41.9 Å². The number of allylic oxidation sites excluding steroid dienone is 1. The van der Waals surface area contributed by atoms with Gasteiger partial charge >= 0.3 is 5.97 Å². The Hall–Kier alpha value is -3.42. The first-order valence-corrected chi connectivity index (χ1v) is 8.38. The molecule has 0 aliphatic carbocycles. The highest BCUT2D eigenvalue weighted by molar-refractivity contribution is 6.30. The Morgan fingerprint density at radius 2 is 1.70 bits per heavy atom. The summed E-state index contributed by atoms with van der Waals surface area (Å²) in [7, 11) is 0. The van der Waals surface area contributed by atoms with E-state index in [1.54, 1.807) is 54.6 Å². The van der Waals surface area contributed by atoms with Gasteiger partial charge in [0, 0.05) is 5.02 Å². The Morgan fingerprint density at radius 1 is 1.00 bits per heavy atom. The second-order valence-electron chi connectivity index (χ2n) is 5.65. The van der Waals surface area contributed by atoms with Gasteiger partial charge in [0.25, 0.3) is 0 Å². The van der Waals surface area contributed by atoms with Crippen molar-refractivity contribution >= 4 is 29.2 Å². The minimum Gasteiger partial charge on any atom is -0.423 e. The van der Waals surface area contributed by atoms with Gasteiger partial charge in [-0.2, -0.15) is 5.26 Å². The Labute approximate surface area is 160 Å². The quantitative estimate of drug-likeness (QED) is 0.251. The van der Waals surface area contributed by atoms with E-state index in [9.17, 15) is 14.4 Å². The lowest BCUT2D eigenvalue weighted by Crippen LogP contribution is -2.08. The van der Waals surface area contributed by atoms with Gasteiger partial charge in [-0.25, -0.2) is 9.18 Å². The SMILES string of the molecule is N#C/C(=C/c1ccc(OC(=O)c2cccc(F)c2)cc1)c1ccc(Cl)cc1. The molecule has 0 aromatic heterocycles. The van der Waals surface area contributed by atoms with Crippen molar-refractivity contribution in [2.45, 2.75) is 0 Å². The summed E-state index contributed by atoms with van der Waals surface area (Å²) >= 11 is 5.87. The first-order valence-electron chi connectivity index (χ1n) is 8.01. The van der Waals surface area contributed by atoms with Crippen LogP contribution in [-0.2, 0) is 0 Å². The van der Waals surface area contributed by atoms with Crippen molar-refractivity contribution in [2.75, 3.05) is 0 Å². The number of benzene rings is 3. The number of hydrogen-bond donors (Lipinski definition) is 0. The maximum Gasteiger partial charge on any atom is 0.343 e. The number of nitriles is 1. The van der Waals surface area contributed by atoms with Gasteiger partial charge in [-0.05, 0) is 59.7 Å². The molecule has 3 aromatic rings. The zero-order chi connectivity index (χ0) is 19.2. The van der Waals surface area contributed by atoms with Gasteiger partial charge in [0.1, 0.15) is 11.6 Å². The Balaban J connectivity index is 1.75. The lowest BCUT2D eigenvalue weighted by molar-refractivity contribution is 0.0734. The fraction of sp³-hybridized carbons (Fsp3) is 0. The fourth-order valence-electron chi connectivity index (χ4n) is 2.39. The molecule has 0 saturated carbocycles. The number of nitrogens with zero attached hydrogens (tertiary/aromatic N) is 1. The number of ether oxygens (including phenoxy) is 1. The van der Waals surface area contributed by atoms with Crippen molar-refractivity contribution in [1.82, 2.24) is 0 Å². The van der Waals surface area contributed by atoms with E-state index in [0.29, 0.717) is 16.3 Å². The van der Waals surface area contributed by atoms with Crippen LogP contribution in [0.3, 0.4) is 0 Å². The molecule has 0 N–H and O–H groups in total. The number of carbonyl (C=O) groups is 1. The van der Waals surface area contributed by atoms with Crippen LogP contribution in [0.15, 0.2) is 72.8 Å². The summed E-state index contributed by atoms with van der Waals surface area (Å²) in [5.41, 5.74) is 2.14. The van der Waals surface area contributed by atoms with Crippen molar-refractivity contribution in [3.63, 3.8) is 0 Å². The average molecular weight is 378 g/mol. The normalized spacial score (nSPS) is 10.9. The molecule has 0 bridgehead atoms. The van der Waals surface area contributed by atoms with E-state index >= 15 is 0 Å². The summed E-state index contributed by atoms with van der Waals surface area (Å²) in [6.07, 6.45) is 1.72. The molecule has 0 spiro atoms. The molecule has 27 heavy (non-hydrogen) atoms. The average Bonchev–Trinajstić information content (AvgIpc) is 2.68. The standard InChI is InChI=1S/C22H13ClFNO2/c23-19-8-6-16(7-9-19)18(14-25)12-15-4-10-21(11-5-15)27-22(26)17-2-1-3-20(24)13-17/h1-13H/b18-12-. The van der Waals surface area contributed by atoms with Crippen LogP contribution in [0, 0.1) is 17.1 Å². The van der Waals surface area contributed by atoms with E-state index in [1.807, 2.05) is 0 Å². The molecule has 0 saturated heterocycles. The monoisotopic (exact) mass is 377 g/mol. The van der Waals surface area contributed by atoms with Crippen molar-refractivity contribution in [3.8, 4) is 11.8 Å². The number of carbonyl (C=O) groups excluding carboxylic acids is 1. The third-order valence-electron chi connectivity index (χ3n) is 3.74. The van der Waals surface area contributed by atoms with Crippen molar-refractivity contribution in [2.24, 2.45) is 0 Å². The smallest absolute Gasteiger partial charge is 0.343 e. The molecule has 0 fully saturated rings. The van der Waals surface area contributed by atoms with Crippen LogP contribution in [-0.4, -0.2) is 5.97 Å². The van der Waals surface area contributed by atoms with Crippen LogP contribution < -0.4 is 4.74 Å². The summed E-state index contributed by atoms with van der Waals surface area (Å²) in [6.45, 7) is 0. The third kappa shape index (κ3) is 4.81. The molecule has 0 atom stereocenters. The fourth-order valence-corrected chi connectivity index (χ4v) is 2.52. The van der Waals surface area contributed by atoms with E-state index in [4.69, 9.17) is 16.3 Å². The summed E-state index contributed by atoms with van der Waals surface area (Å²) in [4.78, 5) is 12.0. The van der Waals surface area contributed by atoms with E-state index in [1.165, 1.54) is 18.2 Å². The molecule has 0 amide bonds. The van der Waals surface area contributed by atoms with Crippen LogP contribution in [0.4, 0.5) is 4.39 Å². The highest BCUT2D eigenvalue weighted by Gasteiger charge is 2.09. The van der Waals surface area contributed by atoms with Crippen LogP contribution in [0.5, 0.6) is 5.75 Å². The molecular formula is C22H13ClFNO2. The highest BCUT2D eigenvalue weighted by atomic mass is 35.5. The van der Waals surface area contributed by atoms with E-state index in [-0.39, 0.29) is 5.56 Å². The molecule has 0 radical (unpaired) electrons. The van der Waals surface area contributed by atoms with E-state index < -0.39 is 11.8 Å². The second-order valence-corrected chi connectivity index (χ2v) is 6.08. The van der Waals surface area contributed by atoms with Gasteiger partial charge in [0.15, 0.2) is 0 Å². The van der Waals surface area contributed by atoms with Gasteiger partial charge in [0.05, 0.1) is 17.2 Å². The van der Waals surface area contributed by atoms with Crippen molar-refractivity contribution < 1.29 is 13.9 Å². The first kappa shape index (κ1) is 18.4. The maximum absolute atomic E-state index is 13.2. The summed E-state index contributed by atoms with van der Waals surface area (Å²) in [6, 6.07) is 21.1. The van der Waals surface area contributed by atoms with Crippen molar-refractivity contribution in [1.29, 1.82) is 5.26 Å². The second kappa shape index (κ2) is 8.31. The Bertz CT molecular complexity index is 1040. The predicted octanol–water partition coefficient (Wildman–Crippen LogP) is 5.76. The number of esters is 1. The Kier molecular flexibility index (Phi) is 5.65. The predicted molar refractivity (Wildman–Crippen MR) is 103 cm³/mol. The van der Waals surface area contributed by atoms with Gasteiger partial charge in [-0.3, -0.25) is 0 Å². The van der Waals surface area contributed by atoms with Gasteiger partial charge in [-0.15, -0.1) is 0 Å². The first-order chi connectivity index (χ1) is 13.0.